The fraction of sp³-hybridized carbons (Fsp3) is 0.333. The van der Waals surface area contributed by atoms with Crippen LogP contribution in [0.25, 0.3) is 10.9 Å². The second kappa shape index (κ2) is 7.24. The number of aromatic amines is 1. The first-order chi connectivity index (χ1) is 9.54. The van der Waals surface area contributed by atoms with Crippen LogP contribution in [0.15, 0.2) is 29.1 Å². The number of nitrogens with two attached hydrogens (primary N) is 1. The molecule has 0 aliphatic rings. The topological polar surface area (TPSA) is 88.0 Å². The summed E-state index contributed by atoms with van der Waals surface area (Å²) in [6.45, 7) is 4.69. The third-order valence-corrected chi connectivity index (χ3v) is 3.42. The number of rotatable bonds is 4. The van der Waals surface area contributed by atoms with E-state index in [9.17, 15) is 9.59 Å². The summed E-state index contributed by atoms with van der Waals surface area (Å²) in [4.78, 5) is 27.0. The summed E-state index contributed by atoms with van der Waals surface area (Å²) >= 11 is 0. The number of carbonyl (C=O) groups excluding carboxylic acids is 1. The van der Waals surface area contributed by atoms with Crippen LogP contribution in [0.4, 0.5) is 0 Å². The van der Waals surface area contributed by atoms with Gasteiger partial charge >= 0.3 is 0 Å². The van der Waals surface area contributed by atoms with Gasteiger partial charge in [0.25, 0.3) is 11.5 Å². The van der Waals surface area contributed by atoms with Crippen molar-refractivity contribution in [3.8, 4) is 0 Å². The van der Waals surface area contributed by atoms with Gasteiger partial charge in [-0.05, 0) is 31.0 Å². The first kappa shape index (κ1) is 17.2. The molecule has 0 saturated heterocycles. The summed E-state index contributed by atoms with van der Waals surface area (Å²) in [5.41, 5.74) is 6.76. The van der Waals surface area contributed by atoms with Crippen LogP contribution >= 0.6 is 12.4 Å². The summed E-state index contributed by atoms with van der Waals surface area (Å²) in [5, 5.41) is 3.64. The maximum atomic E-state index is 12.2. The van der Waals surface area contributed by atoms with Crippen molar-refractivity contribution in [2.24, 2.45) is 11.7 Å². The minimum atomic E-state index is -0.362. The first-order valence-electron chi connectivity index (χ1n) is 6.64. The molecule has 0 saturated carbocycles. The van der Waals surface area contributed by atoms with Gasteiger partial charge in [0.1, 0.15) is 5.56 Å². The number of fused-ring (bicyclic) bond motifs is 1. The van der Waals surface area contributed by atoms with E-state index in [1.165, 1.54) is 0 Å². The third kappa shape index (κ3) is 3.62. The van der Waals surface area contributed by atoms with E-state index >= 15 is 0 Å². The number of nitrogens with one attached hydrogen (secondary N) is 2. The van der Waals surface area contributed by atoms with E-state index in [0.717, 1.165) is 10.9 Å². The monoisotopic (exact) mass is 309 g/mol. The first-order valence-corrected chi connectivity index (χ1v) is 6.64. The van der Waals surface area contributed by atoms with Crippen LogP contribution in [0.2, 0.25) is 0 Å². The Hall–Kier alpha value is -1.85. The lowest BCUT2D eigenvalue weighted by Crippen LogP contribution is -2.35. The predicted molar refractivity (Wildman–Crippen MR) is 87.1 cm³/mol. The second-order valence-corrected chi connectivity index (χ2v) is 5.05. The maximum absolute atomic E-state index is 12.2. The molecular weight excluding hydrogens is 290 g/mol. The molecule has 0 aliphatic carbocycles. The van der Waals surface area contributed by atoms with E-state index in [-0.39, 0.29) is 35.4 Å². The fourth-order valence-corrected chi connectivity index (χ4v) is 2.12. The number of hydrogen-bond donors (Lipinski definition) is 3. The highest BCUT2D eigenvalue weighted by Crippen LogP contribution is 2.16. The number of para-hydroxylation sites is 1. The van der Waals surface area contributed by atoms with Gasteiger partial charge in [0.15, 0.2) is 0 Å². The zero-order valence-electron chi connectivity index (χ0n) is 12.1. The zero-order chi connectivity index (χ0) is 14.7. The standard InChI is InChI=1S/C15H19N3O2.ClH/c1-9(7-16)8-17-14(19)13-10(2)11-5-3-4-6-12(11)18-15(13)20;/h3-6,9H,7-8,16H2,1-2H3,(H,17,19)(H,18,20);1H. The number of aromatic nitrogens is 1. The van der Waals surface area contributed by atoms with E-state index < -0.39 is 0 Å². The number of carbonyl (C=O) groups is 1. The Morgan fingerprint density at radius 1 is 1.38 bits per heavy atom. The van der Waals surface area contributed by atoms with Gasteiger partial charge < -0.3 is 16.0 Å². The zero-order valence-corrected chi connectivity index (χ0v) is 12.9. The van der Waals surface area contributed by atoms with Gasteiger partial charge in [-0.25, -0.2) is 0 Å². The van der Waals surface area contributed by atoms with E-state index in [1.54, 1.807) is 6.92 Å². The smallest absolute Gasteiger partial charge is 0.261 e. The molecule has 1 aromatic carbocycles. The molecule has 1 atom stereocenters. The van der Waals surface area contributed by atoms with Crippen molar-refractivity contribution in [2.75, 3.05) is 13.1 Å². The van der Waals surface area contributed by atoms with Crippen molar-refractivity contribution in [3.63, 3.8) is 0 Å². The Bertz CT molecular complexity index is 697. The molecular formula is C15H20ClN3O2. The van der Waals surface area contributed by atoms with Crippen LogP contribution in [-0.2, 0) is 0 Å². The van der Waals surface area contributed by atoms with Gasteiger partial charge in [-0.2, -0.15) is 0 Å². The van der Waals surface area contributed by atoms with Crippen LogP contribution in [0.1, 0.15) is 22.8 Å². The SMILES string of the molecule is Cc1c(C(=O)NCC(C)CN)c(=O)[nH]c2ccccc12.Cl. The number of H-pyrrole nitrogens is 1. The van der Waals surface area contributed by atoms with E-state index in [0.29, 0.717) is 18.7 Å². The van der Waals surface area contributed by atoms with Crippen LogP contribution in [0.5, 0.6) is 0 Å². The molecule has 0 spiro atoms. The highest BCUT2D eigenvalue weighted by atomic mass is 35.5. The van der Waals surface area contributed by atoms with Crippen molar-refractivity contribution in [2.45, 2.75) is 13.8 Å². The van der Waals surface area contributed by atoms with Crippen LogP contribution in [-0.4, -0.2) is 24.0 Å². The van der Waals surface area contributed by atoms with Crippen LogP contribution in [0, 0.1) is 12.8 Å². The lowest BCUT2D eigenvalue weighted by molar-refractivity contribution is 0.0946. The second-order valence-electron chi connectivity index (χ2n) is 5.05. The summed E-state index contributed by atoms with van der Waals surface area (Å²) in [6.07, 6.45) is 0. The van der Waals surface area contributed by atoms with Crippen molar-refractivity contribution in [1.29, 1.82) is 0 Å². The molecule has 4 N–H and O–H groups in total. The molecule has 2 aromatic rings. The molecule has 0 fully saturated rings. The lowest BCUT2D eigenvalue weighted by Gasteiger charge is -2.12. The van der Waals surface area contributed by atoms with Crippen molar-refractivity contribution >= 4 is 29.2 Å². The van der Waals surface area contributed by atoms with Crippen molar-refractivity contribution < 1.29 is 4.79 Å². The normalized spacial score (nSPS) is 11.8. The number of halogens is 1. The molecule has 1 amide bonds. The van der Waals surface area contributed by atoms with Gasteiger partial charge in [0.05, 0.1) is 0 Å². The van der Waals surface area contributed by atoms with Gasteiger partial charge in [-0.3, -0.25) is 9.59 Å². The Kier molecular flexibility index (Phi) is 5.93. The third-order valence-electron chi connectivity index (χ3n) is 3.42. The summed E-state index contributed by atoms with van der Waals surface area (Å²) in [5.74, 6) is -0.173. The molecule has 1 heterocycles. The summed E-state index contributed by atoms with van der Waals surface area (Å²) in [6, 6.07) is 7.44. The predicted octanol–water partition coefficient (Wildman–Crippen LogP) is 1.58. The number of pyridine rings is 1. The number of benzene rings is 1. The highest BCUT2D eigenvalue weighted by Gasteiger charge is 2.16. The number of aryl methyl sites for hydroxylation is 1. The molecule has 0 bridgehead atoms. The van der Waals surface area contributed by atoms with E-state index in [2.05, 4.69) is 10.3 Å². The molecule has 114 valence electrons. The van der Waals surface area contributed by atoms with Gasteiger partial charge in [0.2, 0.25) is 0 Å². The fourth-order valence-electron chi connectivity index (χ4n) is 2.12. The Labute approximate surface area is 129 Å². The van der Waals surface area contributed by atoms with E-state index in [4.69, 9.17) is 5.73 Å². The average Bonchev–Trinajstić information content (AvgIpc) is 2.44. The number of hydrogen-bond acceptors (Lipinski definition) is 3. The Morgan fingerprint density at radius 3 is 2.71 bits per heavy atom. The van der Waals surface area contributed by atoms with Gasteiger partial charge in [-0.1, -0.05) is 25.1 Å². The quantitative estimate of drug-likeness (QED) is 0.801. The molecule has 1 unspecified atom stereocenters. The Morgan fingerprint density at radius 2 is 2.05 bits per heavy atom. The molecule has 5 nitrogen and oxygen atoms in total. The van der Waals surface area contributed by atoms with Crippen molar-refractivity contribution in [3.05, 3.63) is 45.7 Å². The lowest BCUT2D eigenvalue weighted by atomic mass is 10.0. The molecule has 1 aromatic heterocycles. The minimum absolute atomic E-state index is 0. The molecule has 2 rings (SSSR count). The molecule has 6 heteroatoms. The summed E-state index contributed by atoms with van der Waals surface area (Å²) < 4.78 is 0. The van der Waals surface area contributed by atoms with Crippen LogP contribution in [0.3, 0.4) is 0 Å². The molecule has 0 radical (unpaired) electrons. The van der Waals surface area contributed by atoms with Crippen molar-refractivity contribution in [1.82, 2.24) is 10.3 Å². The Balaban J connectivity index is 0.00000220. The molecule has 0 aliphatic heterocycles. The largest absolute Gasteiger partial charge is 0.352 e. The van der Waals surface area contributed by atoms with Crippen LogP contribution < -0.4 is 16.6 Å². The molecule has 21 heavy (non-hydrogen) atoms. The van der Waals surface area contributed by atoms with E-state index in [1.807, 2.05) is 31.2 Å². The van der Waals surface area contributed by atoms with Gasteiger partial charge in [0, 0.05) is 17.4 Å². The minimum Gasteiger partial charge on any atom is -0.352 e. The summed E-state index contributed by atoms with van der Waals surface area (Å²) in [7, 11) is 0. The number of amides is 1. The average molecular weight is 310 g/mol. The van der Waals surface area contributed by atoms with Gasteiger partial charge in [-0.15, -0.1) is 12.4 Å². The maximum Gasteiger partial charge on any atom is 0.261 e. The highest BCUT2D eigenvalue weighted by molar-refractivity contribution is 5.99.